The topological polar surface area (TPSA) is 84.9 Å². The Balaban J connectivity index is 1.95. The average molecular weight is 343 g/mol. The zero-order valence-corrected chi connectivity index (χ0v) is 14.4. The van der Waals surface area contributed by atoms with E-state index in [0.717, 1.165) is 5.56 Å². The molecule has 0 spiro atoms. The van der Waals surface area contributed by atoms with Crippen LogP contribution in [-0.4, -0.2) is 30.2 Å². The highest BCUT2D eigenvalue weighted by Crippen LogP contribution is 2.20. The van der Waals surface area contributed by atoms with Crippen molar-refractivity contribution in [3.63, 3.8) is 0 Å². The second-order valence-corrected chi connectivity index (χ2v) is 5.63. The molecule has 0 saturated heterocycles. The fourth-order valence-electron chi connectivity index (χ4n) is 2.24. The van der Waals surface area contributed by atoms with E-state index in [2.05, 4.69) is 5.32 Å². The Morgan fingerprint density at radius 2 is 1.84 bits per heavy atom. The summed E-state index contributed by atoms with van der Waals surface area (Å²) in [6.45, 7) is 3.83. The Bertz CT molecular complexity index is 755. The van der Waals surface area contributed by atoms with Gasteiger partial charge in [-0.15, -0.1) is 0 Å². The maximum Gasteiger partial charge on any atom is 0.339 e. The molecule has 1 atom stereocenters. The van der Waals surface area contributed by atoms with Gasteiger partial charge in [0, 0.05) is 6.54 Å². The second kappa shape index (κ2) is 8.19. The molecule has 0 radical (unpaired) electrons. The molecular weight excluding hydrogens is 322 g/mol. The van der Waals surface area contributed by atoms with Crippen LogP contribution in [0.2, 0.25) is 0 Å². The van der Waals surface area contributed by atoms with Crippen LogP contribution in [0.5, 0.6) is 11.5 Å². The van der Waals surface area contributed by atoms with Crippen molar-refractivity contribution in [2.45, 2.75) is 26.5 Å². The van der Waals surface area contributed by atoms with Crippen molar-refractivity contribution in [1.29, 1.82) is 0 Å². The highest BCUT2D eigenvalue weighted by molar-refractivity contribution is 5.91. The van der Waals surface area contributed by atoms with Gasteiger partial charge in [0.1, 0.15) is 17.1 Å². The zero-order valence-electron chi connectivity index (χ0n) is 14.4. The van der Waals surface area contributed by atoms with E-state index in [4.69, 9.17) is 9.47 Å². The van der Waals surface area contributed by atoms with Crippen LogP contribution in [0.1, 0.15) is 28.4 Å². The summed E-state index contributed by atoms with van der Waals surface area (Å²) in [6, 6.07) is 12.2. The Labute approximate surface area is 146 Å². The smallest absolute Gasteiger partial charge is 0.339 e. The Morgan fingerprint density at radius 3 is 2.44 bits per heavy atom. The number of benzene rings is 2. The van der Waals surface area contributed by atoms with Crippen molar-refractivity contribution in [2.24, 2.45) is 0 Å². The van der Waals surface area contributed by atoms with Crippen molar-refractivity contribution >= 4 is 11.9 Å². The fraction of sp³-hybridized carbons (Fsp3) is 0.263. The predicted molar refractivity (Wildman–Crippen MR) is 93.1 cm³/mol. The SMILES string of the molecule is COc1ccc(CNC(=O)[C@@H](C)Oc2ccc(C)cc2)cc1C(=O)O. The lowest BCUT2D eigenvalue weighted by Crippen LogP contribution is -2.35. The lowest BCUT2D eigenvalue weighted by molar-refractivity contribution is -0.127. The summed E-state index contributed by atoms with van der Waals surface area (Å²) in [4.78, 5) is 23.4. The predicted octanol–water partition coefficient (Wildman–Crippen LogP) is 2.79. The molecule has 0 unspecified atom stereocenters. The van der Waals surface area contributed by atoms with Crippen molar-refractivity contribution in [2.75, 3.05) is 7.11 Å². The Kier molecular flexibility index (Phi) is 6.00. The lowest BCUT2D eigenvalue weighted by Gasteiger charge is -2.15. The van der Waals surface area contributed by atoms with Gasteiger partial charge in [0.2, 0.25) is 0 Å². The first kappa shape index (κ1) is 18.3. The molecule has 2 aromatic rings. The van der Waals surface area contributed by atoms with E-state index in [0.29, 0.717) is 11.3 Å². The van der Waals surface area contributed by atoms with Crippen LogP contribution >= 0.6 is 0 Å². The van der Waals surface area contributed by atoms with E-state index in [9.17, 15) is 14.7 Å². The molecule has 132 valence electrons. The third-order valence-corrected chi connectivity index (χ3v) is 3.66. The van der Waals surface area contributed by atoms with Crippen LogP contribution in [0.15, 0.2) is 42.5 Å². The quantitative estimate of drug-likeness (QED) is 0.807. The summed E-state index contributed by atoms with van der Waals surface area (Å²) in [5.74, 6) is -0.473. The number of hydrogen-bond donors (Lipinski definition) is 2. The fourth-order valence-corrected chi connectivity index (χ4v) is 2.24. The summed E-state index contributed by atoms with van der Waals surface area (Å²) in [5.41, 5.74) is 1.82. The van der Waals surface area contributed by atoms with Crippen LogP contribution in [0.4, 0.5) is 0 Å². The first-order valence-electron chi connectivity index (χ1n) is 7.82. The molecule has 2 rings (SSSR count). The van der Waals surface area contributed by atoms with Gasteiger partial charge in [-0.05, 0) is 43.7 Å². The number of aryl methyl sites for hydroxylation is 1. The molecule has 0 aliphatic rings. The highest BCUT2D eigenvalue weighted by atomic mass is 16.5. The largest absolute Gasteiger partial charge is 0.496 e. The maximum absolute atomic E-state index is 12.2. The van der Waals surface area contributed by atoms with Crippen LogP contribution in [0.25, 0.3) is 0 Å². The Morgan fingerprint density at radius 1 is 1.16 bits per heavy atom. The molecule has 0 bridgehead atoms. The molecule has 1 amide bonds. The van der Waals surface area contributed by atoms with E-state index >= 15 is 0 Å². The second-order valence-electron chi connectivity index (χ2n) is 5.63. The minimum atomic E-state index is -1.08. The molecule has 0 saturated carbocycles. The summed E-state index contributed by atoms with van der Waals surface area (Å²) < 4.78 is 10.6. The molecule has 2 aromatic carbocycles. The van der Waals surface area contributed by atoms with Gasteiger partial charge < -0.3 is 19.9 Å². The number of hydrogen-bond acceptors (Lipinski definition) is 4. The highest BCUT2D eigenvalue weighted by Gasteiger charge is 2.16. The molecule has 0 aromatic heterocycles. The van der Waals surface area contributed by atoms with Gasteiger partial charge in [-0.25, -0.2) is 4.79 Å². The summed E-state index contributed by atoms with van der Waals surface area (Å²) >= 11 is 0. The van der Waals surface area contributed by atoms with E-state index in [1.807, 2.05) is 31.2 Å². The number of carbonyl (C=O) groups is 2. The third kappa shape index (κ3) is 4.97. The summed E-state index contributed by atoms with van der Waals surface area (Å²) in [7, 11) is 1.41. The number of nitrogens with one attached hydrogen (secondary N) is 1. The average Bonchev–Trinajstić information content (AvgIpc) is 2.61. The standard InChI is InChI=1S/C19H21NO5/c1-12-4-7-15(8-5-12)25-13(2)18(21)20-11-14-6-9-17(24-3)16(10-14)19(22)23/h4-10,13H,11H2,1-3H3,(H,20,21)(H,22,23)/t13-/m1/s1. The number of carbonyl (C=O) groups excluding carboxylic acids is 1. The molecule has 25 heavy (non-hydrogen) atoms. The third-order valence-electron chi connectivity index (χ3n) is 3.66. The number of ether oxygens (including phenoxy) is 2. The van der Waals surface area contributed by atoms with E-state index < -0.39 is 12.1 Å². The monoisotopic (exact) mass is 343 g/mol. The first-order valence-corrected chi connectivity index (χ1v) is 7.82. The van der Waals surface area contributed by atoms with Crippen LogP contribution in [-0.2, 0) is 11.3 Å². The van der Waals surface area contributed by atoms with E-state index in [-0.39, 0.29) is 23.8 Å². The van der Waals surface area contributed by atoms with Gasteiger partial charge in [0.05, 0.1) is 7.11 Å². The van der Waals surface area contributed by atoms with Crippen molar-refractivity contribution in [3.8, 4) is 11.5 Å². The van der Waals surface area contributed by atoms with Gasteiger partial charge in [-0.1, -0.05) is 23.8 Å². The molecule has 2 N–H and O–H groups in total. The first-order chi connectivity index (χ1) is 11.9. The summed E-state index contributed by atoms with van der Waals surface area (Å²) in [6.07, 6.45) is -0.667. The van der Waals surface area contributed by atoms with Gasteiger partial charge >= 0.3 is 5.97 Å². The number of carboxylic acid groups (broad SMARTS) is 1. The molecule has 6 heteroatoms. The Hall–Kier alpha value is -3.02. The van der Waals surface area contributed by atoms with Gasteiger partial charge in [0.15, 0.2) is 6.10 Å². The lowest BCUT2D eigenvalue weighted by atomic mass is 10.1. The molecule has 6 nitrogen and oxygen atoms in total. The van der Waals surface area contributed by atoms with Crippen LogP contribution in [0, 0.1) is 6.92 Å². The minimum absolute atomic E-state index is 0.0539. The molecule has 0 fully saturated rings. The van der Waals surface area contributed by atoms with Crippen LogP contribution < -0.4 is 14.8 Å². The zero-order chi connectivity index (χ0) is 18.4. The number of amides is 1. The number of methoxy groups -OCH3 is 1. The summed E-state index contributed by atoms with van der Waals surface area (Å²) in [5, 5.41) is 11.9. The van der Waals surface area contributed by atoms with Gasteiger partial charge in [0.25, 0.3) is 5.91 Å². The number of carboxylic acids is 1. The van der Waals surface area contributed by atoms with Crippen molar-refractivity contribution < 1.29 is 24.2 Å². The molecule has 0 aliphatic heterocycles. The van der Waals surface area contributed by atoms with Gasteiger partial charge in [-0.2, -0.15) is 0 Å². The van der Waals surface area contributed by atoms with Crippen molar-refractivity contribution in [1.82, 2.24) is 5.32 Å². The van der Waals surface area contributed by atoms with Gasteiger partial charge in [-0.3, -0.25) is 4.79 Å². The minimum Gasteiger partial charge on any atom is -0.496 e. The van der Waals surface area contributed by atoms with Crippen molar-refractivity contribution in [3.05, 3.63) is 59.2 Å². The number of rotatable bonds is 7. The molecule has 0 heterocycles. The maximum atomic E-state index is 12.2. The number of aromatic carboxylic acids is 1. The van der Waals surface area contributed by atoms with E-state index in [1.165, 1.54) is 13.2 Å². The van der Waals surface area contributed by atoms with E-state index in [1.54, 1.807) is 19.1 Å². The molecular formula is C19H21NO5. The van der Waals surface area contributed by atoms with Crippen LogP contribution in [0.3, 0.4) is 0 Å². The normalized spacial score (nSPS) is 11.5. The molecule has 0 aliphatic carbocycles.